The van der Waals surface area contributed by atoms with Crippen molar-refractivity contribution in [2.75, 3.05) is 73.7 Å². The number of carbonyl (C=O) groups excluding carboxylic acids is 2. The third-order valence-corrected chi connectivity index (χ3v) is 22.1. The van der Waals surface area contributed by atoms with Crippen LogP contribution in [0.25, 0.3) is 10.8 Å². The van der Waals surface area contributed by atoms with E-state index in [0.717, 1.165) is 84.3 Å². The van der Waals surface area contributed by atoms with Crippen molar-refractivity contribution >= 4 is 22.7 Å². The van der Waals surface area contributed by atoms with Crippen LogP contribution in [-0.2, 0) is 42.6 Å². The number of rotatable bonds is 48. The van der Waals surface area contributed by atoms with Gasteiger partial charge in [0.05, 0.1) is 64.0 Å². The van der Waals surface area contributed by atoms with Crippen molar-refractivity contribution in [2.45, 2.75) is 276 Å². The molecule has 0 N–H and O–H groups in total. The number of alkyl halides is 3. The zero-order valence-corrected chi connectivity index (χ0v) is 84.9. The Hall–Kier alpha value is -10.9. The van der Waals surface area contributed by atoms with E-state index in [-0.39, 0.29) is 63.5 Å². The van der Waals surface area contributed by atoms with Gasteiger partial charge in [-0.3, -0.25) is 4.74 Å². The Morgan fingerprint density at radius 2 is 0.581 bits per heavy atom. The molecule has 10 aromatic rings. The smallest absolute Gasteiger partial charge is 0.497 e. The van der Waals surface area contributed by atoms with Crippen molar-refractivity contribution in [1.29, 1.82) is 0 Å². The molecule has 0 aliphatic carbocycles. The molecule has 10 aromatic carbocycles. The number of carbonyl (C=O) groups is 2. The summed E-state index contributed by atoms with van der Waals surface area (Å²) < 4.78 is 133. The fourth-order valence-corrected chi connectivity index (χ4v) is 13.1. The van der Waals surface area contributed by atoms with Gasteiger partial charge in [-0.15, -0.1) is 13.2 Å². The highest BCUT2D eigenvalue weighted by Gasteiger charge is 2.29. The van der Waals surface area contributed by atoms with E-state index < -0.39 is 37.8 Å². The van der Waals surface area contributed by atoms with E-state index in [2.05, 4.69) is 161 Å². The van der Waals surface area contributed by atoms with Crippen molar-refractivity contribution in [3.05, 3.63) is 281 Å². The van der Waals surface area contributed by atoms with Gasteiger partial charge in [-0.05, 0) is 321 Å². The first-order valence-electron chi connectivity index (χ1n) is 47.8. The molecule has 12 atom stereocenters. The van der Waals surface area contributed by atoms with E-state index in [1.54, 1.807) is 75.7 Å². The van der Waals surface area contributed by atoms with Crippen LogP contribution >= 0.6 is 0 Å². The van der Waals surface area contributed by atoms with Crippen molar-refractivity contribution in [1.82, 2.24) is 0 Å². The molecule has 0 aliphatic heterocycles. The molecule has 0 radical (unpaired) electrons. The second-order valence-electron chi connectivity index (χ2n) is 33.9. The van der Waals surface area contributed by atoms with Crippen molar-refractivity contribution in [3.8, 4) is 51.7 Å². The minimum Gasteiger partial charge on any atom is -0.497 e. The summed E-state index contributed by atoms with van der Waals surface area (Å²) in [6.07, 6.45) is -0.271. The molecule has 0 aliphatic rings. The summed E-state index contributed by atoms with van der Waals surface area (Å²) in [5, 5.41) is 2.46. The summed E-state index contributed by atoms with van der Waals surface area (Å²) in [6, 6.07) is 76.2. The normalized spacial score (nSPS) is 13.8. The molecule has 0 amide bonds. The molecule has 10 rings (SSSR count). The van der Waals surface area contributed by atoms with Crippen LogP contribution in [0.3, 0.4) is 0 Å². The number of hydrogen-bond donors (Lipinski definition) is 0. The Morgan fingerprint density at radius 3 is 0.963 bits per heavy atom. The quantitative estimate of drug-likeness (QED) is 0.0198. The molecule has 0 spiro atoms. The number of halogens is 3. The van der Waals surface area contributed by atoms with Crippen LogP contribution in [0, 0.1) is 0 Å². The predicted octanol–water partition coefficient (Wildman–Crippen LogP) is 29.0. The molecule has 746 valence electrons. The minimum absolute atomic E-state index is 0.158. The van der Waals surface area contributed by atoms with Gasteiger partial charge < -0.3 is 80.5 Å². The number of ether oxygens (including phenoxy) is 18. The highest BCUT2D eigenvalue weighted by molar-refractivity contribution is 5.90. The maximum atomic E-state index is 11.9. The molecule has 0 aromatic heterocycles. The monoisotopic (exact) mass is 1890 g/mol. The lowest BCUT2D eigenvalue weighted by Crippen LogP contribution is -2.29. The van der Waals surface area contributed by atoms with Crippen LogP contribution in [0.4, 0.5) is 13.2 Å². The Bertz CT molecular complexity index is 4890. The maximum absolute atomic E-state index is 11.9. The molecule has 23 heteroatoms. The summed E-state index contributed by atoms with van der Waals surface area (Å²) in [4.78, 5) is 23.7. The van der Waals surface area contributed by atoms with Crippen LogP contribution < -0.4 is 42.6 Å². The fourth-order valence-electron chi connectivity index (χ4n) is 13.1. The summed E-state index contributed by atoms with van der Waals surface area (Å²) >= 11 is 0. The highest BCUT2D eigenvalue weighted by Crippen LogP contribution is 2.32. The Morgan fingerprint density at radius 1 is 0.279 bits per heavy atom. The van der Waals surface area contributed by atoms with Crippen LogP contribution in [0.1, 0.15) is 280 Å². The van der Waals surface area contributed by atoms with Gasteiger partial charge in [-0.25, -0.2) is 9.59 Å². The molecular formula is C113H153F3O20. The number of fused-ring (bicyclic) bond motifs is 1. The zero-order chi connectivity index (χ0) is 100.0. The van der Waals surface area contributed by atoms with Gasteiger partial charge in [-0.2, -0.15) is 0 Å². The SMILES string of the molecule is CCC(C)c1ccc(OC(C)OCCOC(=O)c2ccc(OC)cc2)cc1.CCC(C)c1ccc2cc(OC(C)OC(C)(C)C)ccc2c1.CCC(C)c1cccc(OC(C)OCCOC(=O)c2ccccc2)c1.CCC(C)c1cccc(OC(C)OCCOC(F)(F)F)c1.CCC(C)c1cccc(OC(C)OCCOc2ccc(OC)cc2)c1.CCOC(C)Oc1cccc(C(C)CC)c1. The summed E-state index contributed by atoms with van der Waals surface area (Å²) in [5.41, 5.74) is 8.51. The van der Waals surface area contributed by atoms with Gasteiger partial charge in [0.2, 0.25) is 0 Å². The summed E-state index contributed by atoms with van der Waals surface area (Å²) in [5.74, 6) is 9.45. The van der Waals surface area contributed by atoms with Gasteiger partial charge in [0.25, 0.3) is 0 Å². The van der Waals surface area contributed by atoms with Gasteiger partial charge in [-0.1, -0.05) is 186 Å². The van der Waals surface area contributed by atoms with Crippen molar-refractivity contribution in [2.24, 2.45) is 0 Å². The predicted molar refractivity (Wildman–Crippen MR) is 536 cm³/mol. The van der Waals surface area contributed by atoms with E-state index in [9.17, 15) is 22.8 Å². The van der Waals surface area contributed by atoms with E-state index in [4.69, 9.17) is 80.5 Å². The molecule has 12 unspecified atom stereocenters. The lowest BCUT2D eigenvalue weighted by molar-refractivity contribution is -0.328. The first-order valence-corrected chi connectivity index (χ1v) is 47.8. The largest absolute Gasteiger partial charge is 0.522 e. The van der Waals surface area contributed by atoms with Gasteiger partial charge in [0, 0.05) is 6.61 Å². The van der Waals surface area contributed by atoms with E-state index in [0.29, 0.717) is 78.0 Å². The van der Waals surface area contributed by atoms with Crippen molar-refractivity contribution < 1.29 is 108 Å². The number of methoxy groups -OCH3 is 2. The maximum Gasteiger partial charge on any atom is 0.522 e. The molecule has 0 heterocycles. The highest BCUT2D eigenvalue weighted by atomic mass is 19.4. The van der Waals surface area contributed by atoms with Crippen LogP contribution in [-0.4, -0.2) is 135 Å². The summed E-state index contributed by atoms with van der Waals surface area (Å²) in [6.45, 7) is 47.1. The second kappa shape index (κ2) is 63.5. The zero-order valence-electron chi connectivity index (χ0n) is 84.9. The van der Waals surface area contributed by atoms with Gasteiger partial charge in [0.1, 0.15) is 71.6 Å². The molecule has 136 heavy (non-hydrogen) atoms. The molecule has 20 nitrogen and oxygen atoms in total. The van der Waals surface area contributed by atoms with E-state index >= 15 is 0 Å². The Kier molecular flexibility index (Phi) is 54.0. The lowest BCUT2D eigenvalue weighted by Gasteiger charge is -2.25. The Balaban J connectivity index is 0.000000290. The standard InChI is InChI=1S/C22H28O5.C21H28O4.C21H26O4.C20H28O2.C15H21F3O3.C14H22O2/c1-5-16(2)18-6-12-21(13-7-18)27-17(3)25-14-15-26-22(23)19-8-10-20(24-4)11-9-19;1-5-16(2)18-7-6-8-21(15-18)25-17(3)23-13-14-24-20-11-9-19(22-4)10-12-20;1-4-16(2)19-11-8-12-20(15-19)25-17(3)23-13-14-24-21(22)18-9-6-5-7-10-18;1-7-14(2)16-8-9-18-13-19(11-10-17(18)12-16)21-15(3)22-20(4,5)6;1-4-11(2)13-6-5-7-14(10-13)21-12(3)19-8-9-20-15(16,17)18;1-5-11(3)13-8-7-9-14(10-13)16-12(4)15-6-2/h6-13,16-17H,5,14-15H2,1-4H3;6-12,15-17H,5,13-14H2,1-4H3;5-12,15-17H,4,13-14H2,1-3H3;8-15H,7H2,1-6H3;5-7,10-12H,4,8-9H2,1-3H3;7-12H,5-6H2,1-4H3. The molecule has 0 saturated heterocycles. The average Bonchev–Trinajstić information content (AvgIpc) is 0.814. The fraction of sp³-hybridized carbons (Fsp3) is 0.469. The van der Waals surface area contributed by atoms with Gasteiger partial charge in [0.15, 0.2) is 37.7 Å². The third kappa shape index (κ3) is 46.8. The molecule has 0 bridgehead atoms. The first-order chi connectivity index (χ1) is 65.0. The van der Waals surface area contributed by atoms with Gasteiger partial charge >= 0.3 is 18.3 Å². The number of esters is 2. The average molecular weight is 1890 g/mol. The third-order valence-electron chi connectivity index (χ3n) is 22.1. The van der Waals surface area contributed by atoms with Crippen LogP contribution in [0.5, 0.6) is 51.7 Å². The first kappa shape index (κ1) is 116. The van der Waals surface area contributed by atoms with E-state index in [1.165, 1.54) is 38.6 Å². The number of hydrogen-bond acceptors (Lipinski definition) is 20. The van der Waals surface area contributed by atoms with E-state index in [1.807, 2.05) is 172 Å². The molecule has 0 saturated carbocycles. The van der Waals surface area contributed by atoms with Crippen LogP contribution in [0.15, 0.2) is 237 Å². The second-order valence-corrected chi connectivity index (χ2v) is 33.9. The Labute approximate surface area is 809 Å². The molecule has 0 fully saturated rings. The van der Waals surface area contributed by atoms with Crippen LogP contribution in [0.2, 0.25) is 0 Å². The van der Waals surface area contributed by atoms with Crippen molar-refractivity contribution in [3.63, 3.8) is 0 Å². The molecular weight excluding hydrogens is 1730 g/mol. The lowest BCUT2D eigenvalue weighted by atomic mass is 9.96. The summed E-state index contributed by atoms with van der Waals surface area (Å²) in [7, 11) is 3.22. The minimum atomic E-state index is -4.63. The topological polar surface area (TPSA) is 200 Å². The number of benzene rings is 10.